The van der Waals surface area contributed by atoms with Gasteiger partial charge in [0.25, 0.3) is 0 Å². The molecule has 0 saturated carbocycles. The number of fused-ring (bicyclic) bond motifs is 1. The van der Waals surface area contributed by atoms with Crippen LogP contribution in [0.5, 0.6) is 5.75 Å². The molecule has 0 unspecified atom stereocenters. The molecule has 0 amide bonds. The molecule has 0 aliphatic rings. The molecule has 0 spiro atoms. The zero-order chi connectivity index (χ0) is 20.5. The molecule has 1 aromatic carbocycles. The first kappa shape index (κ1) is 18.5. The van der Waals surface area contributed by atoms with Crippen molar-refractivity contribution in [3.05, 3.63) is 60.2 Å². The van der Waals surface area contributed by atoms with E-state index < -0.39 is 12.4 Å². The predicted octanol–water partition coefficient (Wildman–Crippen LogP) is 4.17. The van der Waals surface area contributed by atoms with E-state index in [0.29, 0.717) is 16.9 Å². The fraction of sp³-hybridized carbons (Fsp3) is 0.105. The highest BCUT2D eigenvalue weighted by Crippen LogP contribution is 2.30. The molecular weight excluding hydrogens is 385 g/mol. The normalized spacial score (nSPS) is 11.2. The second-order valence-corrected chi connectivity index (χ2v) is 6.11. The molecule has 4 aromatic rings. The molecule has 3 N–H and O–H groups in total. The lowest BCUT2D eigenvalue weighted by Crippen LogP contribution is -2.06. The lowest BCUT2D eigenvalue weighted by Gasteiger charge is -2.11. The Morgan fingerprint density at radius 2 is 1.86 bits per heavy atom. The number of nitrogen functional groups attached to an aromatic ring is 1. The highest BCUT2D eigenvalue weighted by atomic mass is 19.3. The van der Waals surface area contributed by atoms with Gasteiger partial charge in [-0.3, -0.25) is 0 Å². The van der Waals surface area contributed by atoms with Gasteiger partial charge in [-0.15, -0.1) is 0 Å². The van der Waals surface area contributed by atoms with E-state index in [0.717, 1.165) is 5.52 Å². The van der Waals surface area contributed by atoms with Gasteiger partial charge in [-0.05, 0) is 43.3 Å². The number of ether oxygens (including phenoxy) is 1. The molecule has 0 atom stereocenters. The van der Waals surface area contributed by atoms with Crippen LogP contribution in [0.15, 0.2) is 48.7 Å². The van der Waals surface area contributed by atoms with E-state index in [1.807, 2.05) is 18.2 Å². The Morgan fingerprint density at radius 3 is 2.59 bits per heavy atom. The van der Waals surface area contributed by atoms with Crippen LogP contribution in [0.1, 0.15) is 5.69 Å². The van der Waals surface area contributed by atoms with Crippen LogP contribution in [0, 0.1) is 12.7 Å². The monoisotopic (exact) mass is 400 g/mol. The van der Waals surface area contributed by atoms with Crippen LogP contribution < -0.4 is 15.8 Å². The Labute approximate surface area is 163 Å². The third kappa shape index (κ3) is 3.64. The predicted molar refractivity (Wildman–Crippen MR) is 102 cm³/mol. The molecule has 4 rings (SSSR count). The average molecular weight is 400 g/mol. The maximum absolute atomic E-state index is 14.5. The molecule has 7 nitrogen and oxygen atoms in total. The number of nitrogens with zero attached hydrogens (tertiary/aromatic N) is 4. The molecule has 0 aliphatic heterocycles. The number of halogens is 3. The van der Waals surface area contributed by atoms with Crippen molar-refractivity contribution in [1.82, 2.24) is 19.6 Å². The van der Waals surface area contributed by atoms with Crippen LogP contribution in [-0.2, 0) is 0 Å². The van der Waals surface area contributed by atoms with Gasteiger partial charge in [-0.2, -0.15) is 18.3 Å². The first-order valence-corrected chi connectivity index (χ1v) is 8.51. The van der Waals surface area contributed by atoms with E-state index in [2.05, 4.69) is 25.1 Å². The molecule has 0 bridgehead atoms. The number of alkyl halides is 2. The summed E-state index contributed by atoms with van der Waals surface area (Å²) in [7, 11) is 0. The SMILES string of the molecule is Cc1nn2ccccc2c1-c1nc(N)c(F)c(Nc2ccc(OC(F)F)cc2)n1. The molecule has 148 valence electrons. The van der Waals surface area contributed by atoms with Gasteiger partial charge in [0.1, 0.15) is 5.75 Å². The minimum Gasteiger partial charge on any atom is -0.435 e. The Hall–Kier alpha value is -3.82. The molecule has 0 aliphatic carbocycles. The number of benzene rings is 1. The maximum atomic E-state index is 14.5. The first-order valence-electron chi connectivity index (χ1n) is 8.51. The Bertz CT molecular complexity index is 1180. The van der Waals surface area contributed by atoms with Crippen LogP contribution in [0.3, 0.4) is 0 Å². The topological polar surface area (TPSA) is 90.4 Å². The van der Waals surface area contributed by atoms with Crippen molar-refractivity contribution in [2.24, 2.45) is 0 Å². The summed E-state index contributed by atoms with van der Waals surface area (Å²) in [6.07, 6.45) is 1.78. The van der Waals surface area contributed by atoms with Gasteiger partial charge in [-0.25, -0.2) is 14.5 Å². The fourth-order valence-electron chi connectivity index (χ4n) is 2.91. The molecule has 0 fully saturated rings. The summed E-state index contributed by atoms with van der Waals surface area (Å²) in [6, 6.07) is 11.1. The van der Waals surface area contributed by atoms with Crippen molar-refractivity contribution in [1.29, 1.82) is 0 Å². The fourth-order valence-corrected chi connectivity index (χ4v) is 2.91. The summed E-state index contributed by atoms with van der Waals surface area (Å²) in [6.45, 7) is -1.13. The van der Waals surface area contributed by atoms with E-state index in [1.165, 1.54) is 24.3 Å². The van der Waals surface area contributed by atoms with Crippen LogP contribution in [0.2, 0.25) is 0 Å². The van der Waals surface area contributed by atoms with Gasteiger partial charge in [0.2, 0.25) is 5.82 Å². The van der Waals surface area contributed by atoms with E-state index in [9.17, 15) is 13.2 Å². The number of nitrogens with one attached hydrogen (secondary N) is 1. The Morgan fingerprint density at radius 1 is 1.10 bits per heavy atom. The first-order chi connectivity index (χ1) is 13.9. The van der Waals surface area contributed by atoms with E-state index in [1.54, 1.807) is 17.6 Å². The number of rotatable bonds is 5. The van der Waals surface area contributed by atoms with Gasteiger partial charge in [0.15, 0.2) is 17.5 Å². The highest BCUT2D eigenvalue weighted by molar-refractivity contribution is 5.80. The molecule has 0 saturated heterocycles. The maximum Gasteiger partial charge on any atom is 0.387 e. The number of aromatic nitrogens is 4. The van der Waals surface area contributed by atoms with Crippen molar-refractivity contribution in [3.63, 3.8) is 0 Å². The Balaban J connectivity index is 1.72. The summed E-state index contributed by atoms with van der Waals surface area (Å²) in [5, 5.41) is 7.18. The Kier molecular flexibility index (Phi) is 4.67. The van der Waals surface area contributed by atoms with Crippen LogP contribution >= 0.6 is 0 Å². The second-order valence-electron chi connectivity index (χ2n) is 6.11. The number of hydrogen-bond donors (Lipinski definition) is 2. The van der Waals surface area contributed by atoms with Gasteiger partial charge >= 0.3 is 6.61 Å². The van der Waals surface area contributed by atoms with Crippen molar-refractivity contribution < 1.29 is 17.9 Å². The summed E-state index contributed by atoms with van der Waals surface area (Å²) >= 11 is 0. The number of hydrogen-bond acceptors (Lipinski definition) is 6. The van der Waals surface area contributed by atoms with Crippen LogP contribution in [0.4, 0.5) is 30.5 Å². The number of nitrogens with two attached hydrogens (primary N) is 1. The quantitative estimate of drug-likeness (QED) is 0.523. The van der Waals surface area contributed by atoms with Gasteiger partial charge in [-0.1, -0.05) is 6.07 Å². The average Bonchev–Trinajstić information content (AvgIpc) is 3.02. The van der Waals surface area contributed by atoms with Gasteiger partial charge < -0.3 is 15.8 Å². The zero-order valence-corrected chi connectivity index (χ0v) is 15.1. The minimum atomic E-state index is -2.93. The molecule has 3 aromatic heterocycles. The largest absolute Gasteiger partial charge is 0.435 e. The van der Waals surface area contributed by atoms with Gasteiger partial charge in [0.05, 0.1) is 16.8 Å². The van der Waals surface area contributed by atoms with Gasteiger partial charge in [0, 0.05) is 11.9 Å². The molecule has 10 heteroatoms. The van der Waals surface area contributed by atoms with E-state index in [4.69, 9.17) is 5.73 Å². The summed E-state index contributed by atoms with van der Waals surface area (Å²) in [4.78, 5) is 8.34. The zero-order valence-electron chi connectivity index (χ0n) is 15.1. The summed E-state index contributed by atoms with van der Waals surface area (Å²) in [5.74, 6) is -1.11. The van der Waals surface area contributed by atoms with E-state index in [-0.39, 0.29) is 23.2 Å². The lowest BCUT2D eigenvalue weighted by atomic mass is 10.2. The van der Waals surface area contributed by atoms with Crippen molar-refractivity contribution in [2.75, 3.05) is 11.1 Å². The molecule has 3 heterocycles. The smallest absolute Gasteiger partial charge is 0.387 e. The highest BCUT2D eigenvalue weighted by Gasteiger charge is 2.19. The van der Waals surface area contributed by atoms with Crippen LogP contribution in [0.25, 0.3) is 16.9 Å². The van der Waals surface area contributed by atoms with Crippen LogP contribution in [-0.4, -0.2) is 26.2 Å². The van der Waals surface area contributed by atoms with Crippen molar-refractivity contribution in [3.8, 4) is 17.1 Å². The molecule has 29 heavy (non-hydrogen) atoms. The molecular formula is C19H15F3N6O. The summed E-state index contributed by atoms with van der Waals surface area (Å²) < 4.78 is 45.0. The number of anilines is 3. The van der Waals surface area contributed by atoms with Crippen molar-refractivity contribution in [2.45, 2.75) is 13.5 Å². The molecule has 0 radical (unpaired) electrons. The lowest BCUT2D eigenvalue weighted by molar-refractivity contribution is -0.0498. The standard InChI is InChI=1S/C19H15F3N6O/c1-10-14(13-4-2-3-9-28(13)27-10)17-25-16(23)15(20)18(26-17)24-11-5-7-12(8-6-11)29-19(21)22/h2-9,19H,1H3,(H3,23,24,25,26). The second kappa shape index (κ2) is 7.30. The minimum absolute atomic E-state index is 0.0177. The third-order valence-corrected chi connectivity index (χ3v) is 4.16. The van der Waals surface area contributed by atoms with E-state index >= 15 is 0 Å². The number of pyridine rings is 1. The number of aryl methyl sites for hydroxylation is 1. The summed E-state index contributed by atoms with van der Waals surface area (Å²) in [5.41, 5.74) is 8.19. The van der Waals surface area contributed by atoms with Crippen molar-refractivity contribution >= 4 is 22.8 Å². The third-order valence-electron chi connectivity index (χ3n) is 4.16.